The molecule has 2 unspecified atom stereocenters. The predicted octanol–water partition coefficient (Wildman–Crippen LogP) is 2.22. The van der Waals surface area contributed by atoms with Gasteiger partial charge < -0.3 is 10.6 Å². The third-order valence-electron chi connectivity index (χ3n) is 3.90. The maximum Gasteiger partial charge on any atom is 0.221 e. The van der Waals surface area contributed by atoms with E-state index in [0.29, 0.717) is 12.5 Å². The maximum atomic E-state index is 11.8. The van der Waals surface area contributed by atoms with Gasteiger partial charge in [-0.1, -0.05) is 30.3 Å². The Morgan fingerprint density at radius 3 is 2.59 bits per heavy atom. The number of likely N-dealkylation sites (tertiary alicyclic amines) is 1. The van der Waals surface area contributed by atoms with Gasteiger partial charge in [-0.2, -0.15) is 0 Å². The van der Waals surface area contributed by atoms with Crippen LogP contribution >= 0.6 is 24.8 Å². The first-order valence-electron chi connectivity index (χ1n) is 7.41. The SMILES string of the molecule is CNCCC(=O)NC1CC(C)N(Cc2ccccc2)C1.Cl.Cl. The first-order chi connectivity index (χ1) is 9.69. The summed E-state index contributed by atoms with van der Waals surface area (Å²) in [5, 5.41) is 6.14. The molecule has 126 valence electrons. The third kappa shape index (κ3) is 6.53. The molecule has 2 rings (SSSR count). The average molecular weight is 348 g/mol. The van der Waals surface area contributed by atoms with Crippen molar-refractivity contribution in [1.82, 2.24) is 15.5 Å². The summed E-state index contributed by atoms with van der Waals surface area (Å²) in [5.74, 6) is 0.151. The summed E-state index contributed by atoms with van der Waals surface area (Å²) in [6, 6.07) is 11.3. The highest BCUT2D eigenvalue weighted by molar-refractivity contribution is 5.85. The van der Waals surface area contributed by atoms with Crippen molar-refractivity contribution in [2.45, 2.75) is 38.4 Å². The second-order valence-electron chi connectivity index (χ2n) is 5.62. The van der Waals surface area contributed by atoms with Gasteiger partial charge in [-0.25, -0.2) is 0 Å². The van der Waals surface area contributed by atoms with Crippen molar-refractivity contribution in [3.8, 4) is 0 Å². The number of hydrogen-bond donors (Lipinski definition) is 2. The van der Waals surface area contributed by atoms with Crippen LogP contribution < -0.4 is 10.6 Å². The van der Waals surface area contributed by atoms with Gasteiger partial charge in [0.25, 0.3) is 0 Å². The molecule has 1 saturated heterocycles. The molecule has 1 aliphatic rings. The van der Waals surface area contributed by atoms with Crippen LogP contribution in [0.3, 0.4) is 0 Å². The van der Waals surface area contributed by atoms with Gasteiger partial charge >= 0.3 is 0 Å². The Hall–Kier alpha value is -0.810. The van der Waals surface area contributed by atoms with Gasteiger partial charge in [0.1, 0.15) is 0 Å². The predicted molar refractivity (Wildman–Crippen MR) is 95.9 cm³/mol. The molecule has 1 aromatic carbocycles. The number of rotatable bonds is 6. The number of hydrogen-bond acceptors (Lipinski definition) is 3. The van der Waals surface area contributed by atoms with Crippen molar-refractivity contribution in [3.63, 3.8) is 0 Å². The van der Waals surface area contributed by atoms with Gasteiger partial charge in [0, 0.05) is 38.1 Å². The van der Waals surface area contributed by atoms with E-state index in [1.807, 2.05) is 13.1 Å². The van der Waals surface area contributed by atoms with Crippen LogP contribution in [0.1, 0.15) is 25.3 Å². The molecule has 1 fully saturated rings. The van der Waals surface area contributed by atoms with Gasteiger partial charge in [-0.15, -0.1) is 24.8 Å². The van der Waals surface area contributed by atoms with Gasteiger partial charge in [0.05, 0.1) is 0 Å². The Morgan fingerprint density at radius 1 is 1.27 bits per heavy atom. The molecule has 0 spiro atoms. The Morgan fingerprint density at radius 2 is 1.95 bits per heavy atom. The maximum absolute atomic E-state index is 11.8. The Kier molecular flexibility index (Phi) is 10.4. The Labute approximate surface area is 145 Å². The summed E-state index contributed by atoms with van der Waals surface area (Å²) >= 11 is 0. The van der Waals surface area contributed by atoms with Crippen LogP contribution in [-0.2, 0) is 11.3 Å². The molecule has 2 atom stereocenters. The van der Waals surface area contributed by atoms with Crippen LogP contribution in [0.25, 0.3) is 0 Å². The molecule has 0 saturated carbocycles. The number of halogens is 2. The van der Waals surface area contributed by atoms with E-state index in [1.165, 1.54) is 5.56 Å². The van der Waals surface area contributed by atoms with Gasteiger partial charge in [-0.3, -0.25) is 9.69 Å². The second-order valence-corrected chi connectivity index (χ2v) is 5.62. The molecule has 4 nitrogen and oxygen atoms in total. The van der Waals surface area contributed by atoms with Crippen molar-refractivity contribution in [1.29, 1.82) is 0 Å². The number of carbonyl (C=O) groups is 1. The quantitative estimate of drug-likeness (QED) is 0.829. The van der Waals surface area contributed by atoms with E-state index in [2.05, 4.69) is 46.7 Å². The summed E-state index contributed by atoms with van der Waals surface area (Å²) in [7, 11) is 1.87. The fraction of sp³-hybridized carbons (Fsp3) is 0.562. The van der Waals surface area contributed by atoms with E-state index in [0.717, 1.165) is 26.1 Å². The highest BCUT2D eigenvalue weighted by Crippen LogP contribution is 2.20. The van der Waals surface area contributed by atoms with Gasteiger partial charge in [-0.05, 0) is 26.0 Å². The van der Waals surface area contributed by atoms with Crippen molar-refractivity contribution in [2.75, 3.05) is 20.1 Å². The van der Waals surface area contributed by atoms with E-state index in [1.54, 1.807) is 0 Å². The monoisotopic (exact) mass is 347 g/mol. The van der Waals surface area contributed by atoms with E-state index < -0.39 is 0 Å². The van der Waals surface area contributed by atoms with Gasteiger partial charge in [0.15, 0.2) is 0 Å². The number of benzene rings is 1. The molecule has 22 heavy (non-hydrogen) atoms. The van der Waals surface area contributed by atoms with Crippen molar-refractivity contribution in [3.05, 3.63) is 35.9 Å². The Bertz CT molecular complexity index is 431. The summed E-state index contributed by atoms with van der Waals surface area (Å²) in [6.45, 7) is 4.89. The summed E-state index contributed by atoms with van der Waals surface area (Å²) < 4.78 is 0. The fourth-order valence-electron chi connectivity index (χ4n) is 2.78. The first kappa shape index (κ1) is 21.2. The average Bonchev–Trinajstić information content (AvgIpc) is 2.77. The highest BCUT2D eigenvalue weighted by atomic mass is 35.5. The molecule has 1 heterocycles. The van der Waals surface area contributed by atoms with E-state index in [-0.39, 0.29) is 36.8 Å². The number of nitrogens with zero attached hydrogens (tertiary/aromatic N) is 1. The van der Waals surface area contributed by atoms with E-state index in [9.17, 15) is 4.79 Å². The zero-order valence-electron chi connectivity index (χ0n) is 13.2. The van der Waals surface area contributed by atoms with Crippen LogP contribution in [0.5, 0.6) is 0 Å². The van der Waals surface area contributed by atoms with Crippen molar-refractivity contribution in [2.24, 2.45) is 0 Å². The summed E-state index contributed by atoms with van der Waals surface area (Å²) in [5.41, 5.74) is 1.33. The number of amides is 1. The third-order valence-corrected chi connectivity index (χ3v) is 3.90. The lowest BCUT2D eigenvalue weighted by Crippen LogP contribution is -2.38. The zero-order valence-corrected chi connectivity index (χ0v) is 14.9. The summed E-state index contributed by atoms with van der Waals surface area (Å²) in [6.07, 6.45) is 1.60. The lowest BCUT2D eigenvalue weighted by molar-refractivity contribution is -0.121. The van der Waals surface area contributed by atoms with Crippen LogP contribution in [-0.4, -0.2) is 43.0 Å². The molecule has 0 aromatic heterocycles. The lowest BCUT2D eigenvalue weighted by atomic mass is 10.2. The largest absolute Gasteiger partial charge is 0.352 e. The molecular formula is C16H27Cl2N3O. The standard InChI is InChI=1S/C16H25N3O.2ClH/c1-13-10-15(18-16(20)8-9-17-2)12-19(13)11-14-6-4-3-5-7-14;;/h3-7,13,15,17H,8-12H2,1-2H3,(H,18,20);2*1H. The minimum absolute atomic E-state index is 0. The Balaban J connectivity index is 0.00000220. The molecule has 1 aromatic rings. The minimum Gasteiger partial charge on any atom is -0.352 e. The molecular weight excluding hydrogens is 321 g/mol. The van der Waals surface area contributed by atoms with Crippen LogP contribution in [0.15, 0.2) is 30.3 Å². The number of carbonyl (C=O) groups excluding carboxylic acids is 1. The van der Waals surface area contributed by atoms with Gasteiger partial charge in [0.2, 0.25) is 5.91 Å². The second kappa shape index (κ2) is 10.8. The van der Waals surface area contributed by atoms with Crippen LogP contribution in [0.2, 0.25) is 0 Å². The highest BCUT2D eigenvalue weighted by Gasteiger charge is 2.29. The minimum atomic E-state index is 0. The molecule has 1 aliphatic heterocycles. The smallest absolute Gasteiger partial charge is 0.221 e. The topological polar surface area (TPSA) is 44.4 Å². The normalized spacial score (nSPS) is 20.8. The molecule has 6 heteroatoms. The lowest BCUT2D eigenvalue weighted by Gasteiger charge is -2.20. The zero-order chi connectivity index (χ0) is 14.4. The van der Waals surface area contributed by atoms with Crippen LogP contribution in [0.4, 0.5) is 0 Å². The molecule has 0 aliphatic carbocycles. The number of nitrogens with one attached hydrogen (secondary N) is 2. The molecule has 0 radical (unpaired) electrons. The molecule has 0 bridgehead atoms. The van der Waals surface area contributed by atoms with Crippen molar-refractivity contribution >= 4 is 30.7 Å². The van der Waals surface area contributed by atoms with E-state index in [4.69, 9.17) is 0 Å². The fourth-order valence-corrected chi connectivity index (χ4v) is 2.78. The molecule has 1 amide bonds. The van der Waals surface area contributed by atoms with Crippen LogP contribution in [0, 0.1) is 0 Å². The first-order valence-corrected chi connectivity index (χ1v) is 7.41. The van der Waals surface area contributed by atoms with E-state index >= 15 is 0 Å². The molecule has 2 N–H and O–H groups in total. The van der Waals surface area contributed by atoms with Crippen molar-refractivity contribution < 1.29 is 4.79 Å². The summed E-state index contributed by atoms with van der Waals surface area (Å²) in [4.78, 5) is 14.2.